The number of nitrogens with one attached hydrogen (secondary N) is 1. The summed E-state index contributed by atoms with van der Waals surface area (Å²) < 4.78 is 9.93. The van der Waals surface area contributed by atoms with Crippen molar-refractivity contribution >= 4 is 35.5 Å². The van der Waals surface area contributed by atoms with Crippen molar-refractivity contribution in [3.8, 4) is 5.75 Å². The minimum absolute atomic E-state index is 0.0700. The van der Waals surface area contributed by atoms with Gasteiger partial charge in [-0.05, 0) is 55.0 Å². The first-order valence-corrected chi connectivity index (χ1v) is 8.82. The van der Waals surface area contributed by atoms with Crippen LogP contribution in [0.15, 0.2) is 54.1 Å². The predicted octanol–water partition coefficient (Wildman–Crippen LogP) is 2.25. The zero-order chi connectivity index (χ0) is 21.0. The number of hydrazine groups is 1. The van der Waals surface area contributed by atoms with E-state index in [1.807, 2.05) is 0 Å². The Balaban J connectivity index is 1.82. The number of rotatable bonds is 5. The third-order valence-corrected chi connectivity index (χ3v) is 3.96. The molecule has 2 aromatic rings. The van der Waals surface area contributed by atoms with Gasteiger partial charge in [-0.15, -0.1) is 0 Å². The third kappa shape index (κ3) is 4.49. The van der Waals surface area contributed by atoms with Crippen LogP contribution in [0.5, 0.6) is 5.75 Å². The monoisotopic (exact) mass is 394 g/mol. The maximum atomic E-state index is 12.7. The second-order valence-electron chi connectivity index (χ2n) is 6.07. The van der Waals surface area contributed by atoms with Crippen molar-refractivity contribution in [3.63, 3.8) is 0 Å². The molecule has 1 heterocycles. The number of carbonyl (C=O) groups is 4. The van der Waals surface area contributed by atoms with Crippen LogP contribution in [-0.4, -0.2) is 30.4 Å². The maximum Gasteiger partial charge on any atom is 0.338 e. The average molecular weight is 394 g/mol. The van der Waals surface area contributed by atoms with Crippen LogP contribution in [0, 0.1) is 0 Å². The van der Waals surface area contributed by atoms with Gasteiger partial charge >= 0.3 is 11.9 Å². The van der Waals surface area contributed by atoms with Crippen LogP contribution in [0.25, 0.3) is 6.08 Å². The Bertz CT molecular complexity index is 1010. The Morgan fingerprint density at radius 3 is 2.48 bits per heavy atom. The number of hydrogen-bond acceptors (Lipinski definition) is 6. The Morgan fingerprint density at radius 1 is 1.10 bits per heavy atom. The van der Waals surface area contributed by atoms with E-state index in [2.05, 4.69) is 5.43 Å². The summed E-state index contributed by atoms with van der Waals surface area (Å²) in [6, 6.07) is 12.6. The molecule has 8 heteroatoms. The quantitative estimate of drug-likeness (QED) is 0.361. The van der Waals surface area contributed by atoms with E-state index in [4.69, 9.17) is 9.47 Å². The second-order valence-corrected chi connectivity index (χ2v) is 6.07. The number of anilines is 1. The number of nitrogens with zero attached hydrogens (tertiary/aromatic N) is 1. The van der Waals surface area contributed by atoms with Crippen molar-refractivity contribution in [1.29, 1.82) is 0 Å². The molecule has 2 aromatic carbocycles. The summed E-state index contributed by atoms with van der Waals surface area (Å²) in [5, 5.41) is 1.10. The fourth-order valence-corrected chi connectivity index (χ4v) is 2.70. The van der Waals surface area contributed by atoms with Gasteiger partial charge in [-0.2, -0.15) is 0 Å². The summed E-state index contributed by atoms with van der Waals surface area (Å²) in [4.78, 5) is 47.8. The second kappa shape index (κ2) is 8.39. The van der Waals surface area contributed by atoms with Crippen molar-refractivity contribution in [2.45, 2.75) is 13.8 Å². The Hall–Kier alpha value is -3.94. The standard InChI is InChI=1S/C21H18N2O6/c1-3-28-21(27)15-7-9-16(10-8-15)23-20(26)18(19(25)22-23)12-14-5-4-6-17(11-14)29-13(2)24/h4-12H,3H2,1-2H3,(H,22,25). The lowest BCUT2D eigenvalue weighted by Gasteiger charge is -2.14. The number of esters is 2. The molecule has 0 spiro atoms. The van der Waals surface area contributed by atoms with Gasteiger partial charge < -0.3 is 9.47 Å². The van der Waals surface area contributed by atoms with Crippen molar-refractivity contribution in [2.75, 3.05) is 11.6 Å². The van der Waals surface area contributed by atoms with Gasteiger partial charge in [0.1, 0.15) is 11.3 Å². The van der Waals surface area contributed by atoms with E-state index in [9.17, 15) is 19.2 Å². The highest BCUT2D eigenvalue weighted by molar-refractivity contribution is 6.31. The van der Waals surface area contributed by atoms with E-state index in [1.165, 1.54) is 37.3 Å². The number of hydrogen-bond donors (Lipinski definition) is 1. The van der Waals surface area contributed by atoms with Gasteiger partial charge in [-0.3, -0.25) is 19.8 Å². The van der Waals surface area contributed by atoms with E-state index >= 15 is 0 Å². The van der Waals surface area contributed by atoms with Crippen LogP contribution in [0.1, 0.15) is 29.8 Å². The normalized spacial score (nSPS) is 14.7. The molecule has 1 fully saturated rings. The molecular formula is C21H18N2O6. The smallest absolute Gasteiger partial charge is 0.338 e. The first kappa shape index (κ1) is 19.8. The third-order valence-electron chi connectivity index (χ3n) is 3.96. The molecule has 2 amide bonds. The Morgan fingerprint density at radius 2 is 1.83 bits per heavy atom. The summed E-state index contributed by atoms with van der Waals surface area (Å²) in [6.07, 6.45) is 1.41. The molecule has 1 N–H and O–H groups in total. The van der Waals surface area contributed by atoms with Crippen LogP contribution in [0.3, 0.4) is 0 Å². The lowest BCUT2D eigenvalue weighted by Crippen LogP contribution is -2.35. The van der Waals surface area contributed by atoms with Gasteiger partial charge in [0.15, 0.2) is 0 Å². The van der Waals surface area contributed by atoms with Gasteiger partial charge in [0, 0.05) is 6.92 Å². The van der Waals surface area contributed by atoms with Crippen LogP contribution in [-0.2, 0) is 19.1 Å². The minimum Gasteiger partial charge on any atom is -0.462 e. The number of ether oxygens (including phenoxy) is 2. The van der Waals surface area contributed by atoms with Gasteiger partial charge in [-0.25, -0.2) is 9.80 Å². The number of amides is 2. The molecule has 148 valence electrons. The van der Waals surface area contributed by atoms with E-state index in [0.717, 1.165) is 5.01 Å². The number of carbonyl (C=O) groups excluding carboxylic acids is 4. The molecule has 0 aromatic heterocycles. The maximum absolute atomic E-state index is 12.7. The van der Waals surface area contributed by atoms with Crippen LogP contribution < -0.4 is 15.2 Å². The molecule has 0 bridgehead atoms. The summed E-state index contributed by atoms with van der Waals surface area (Å²) in [6.45, 7) is 3.25. The van der Waals surface area contributed by atoms with Crippen molar-refractivity contribution in [1.82, 2.24) is 5.43 Å². The fourth-order valence-electron chi connectivity index (χ4n) is 2.70. The van der Waals surface area contributed by atoms with Gasteiger partial charge in [0.25, 0.3) is 11.8 Å². The van der Waals surface area contributed by atoms with Crippen LogP contribution in [0.2, 0.25) is 0 Å². The lowest BCUT2D eigenvalue weighted by atomic mass is 10.1. The molecule has 0 radical (unpaired) electrons. The van der Waals surface area contributed by atoms with Gasteiger partial charge in [0.05, 0.1) is 17.9 Å². The molecule has 1 aliphatic rings. The van der Waals surface area contributed by atoms with Crippen molar-refractivity contribution < 1.29 is 28.7 Å². The van der Waals surface area contributed by atoms with E-state index in [0.29, 0.717) is 22.6 Å². The van der Waals surface area contributed by atoms with Crippen molar-refractivity contribution in [3.05, 3.63) is 65.2 Å². The largest absolute Gasteiger partial charge is 0.462 e. The highest BCUT2D eigenvalue weighted by atomic mass is 16.5. The van der Waals surface area contributed by atoms with E-state index in [-0.39, 0.29) is 12.2 Å². The zero-order valence-electron chi connectivity index (χ0n) is 15.8. The first-order valence-electron chi connectivity index (χ1n) is 8.82. The summed E-state index contributed by atoms with van der Waals surface area (Å²) >= 11 is 0. The molecule has 1 aliphatic heterocycles. The Labute approximate surface area is 166 Å². The Kier molecular flexibility index (Phi) is 5.73. The molecule has 0 aliphatic carbocycles. The first-order chi connectivity index (χ1) is 13.9. The highest BCUT2D eigenvalue weighted by Crippen LogP contribution is 2.23. The minimum atomic E-state index is -0.567. The molecule has 29 heavy (non-hydrogen) atoms. The molecule has 0 atom stereocenters. The summed E-state index contributed by atoms with van der Waals surface area (Å²) in [5.74, 6) is -1.74. The van der Waals surface area contributed by atoms with Crippen molar-refractivity contribution in [2.24, 2.45) is 0 Å². The molecule has 0 saturated carbocycles. The fraction of sp³-hybridized carbons (Fsp3) is 0.143. The molecular weight excluding hydrogens is 376 g/mol. The SMILES string of the molecule is CCOC(=O)c1ccc(N2NC(=O)C(=Cc3cccc(OC(C)=O)c3)C2=O)cc1. The molecule has 0 unspecified atom stereocenters. The zero-order valence-corrected chi connectivity index (χ0v) is 15.8. The predicted molar refractivity (Wildman–Crippen MR) is 104 cm³/mol. The van der Waals surface area contributed by atoms with E-state index < -0.39 is 23.8 Å². The number of benzene rings is 2. The average Bonchev–Trinajstić information content (AvgIpc) is 2.96. The molecule has 3 rings (SSSR count). The highest BCUT2D eigenvalue weighted by Gasteiger charge is 2.34. The topological polar surface area (TPSA) is 102 Å². The molecule has 8 nitrogen and oxygen atoms in total. The molecule has 1 saturated heterocycles. The summed E-state index contributed by atoms with van der Waals surface area (Å²) in [5.41, 5.74) is 3.68. The van der Waals surface area contributed by atoms with Crippen LogP contribution in [0.4, 0.5) is 5.69 Å². The van der Waals surface area contributed by atoms with Gasteiger partial charge in [0.2, 0.25) is 0 Å². The van der Waals surface area contributed by atoms with E-state index in [1.54, 1.807) is 31.2 Å². The summed E-state index contributed by atoms with van der Waals surface area (Å²) in [7, 11) is 0. The lowest BCUT2D eigenvalue weighted by molar-refractivity contribution is -0.132. The van der Waals surface area contributed by atoms with Gasteiger partial charge in [-0.1, -0.05) is 12.1 Å². The van der Waals surface area contributed by atoms with Crippen LogP contribution >= 0.6 is 0 Å².